The number of hydrogen-bond acceptors (Lipinski definition) is 9. The molecule has 1 N–H and O–H groups in total. The van der Waals surface area contributed by atoms with E-state index in [-0.39, 0.29) is 18.1 Å². The summed E-state index contributed by atoms with van der Waals surface area (Å²) < 4.78 is 12.3. The lowest BCUT2D eigenvalue weighted by molar-refractivity contribution is 0.110. The number of aromatic nitrogens is 5. The van der Waals surface area contributed by atoms with Gasteiger partial charge >= 0.3 is 6.09 Å². The van der Waals surface area contributed by atoms with E-state index >= 15 is 0 Å². The molecule has 5 heterocycles. The van der Waals surface area contributed by atoms with Crippen molar-refractivity contribution in [2.24, 2.45) is 0 Å². The van der Waals surface area contributed by atoms with E-state index in [4.69, 9.17) is 14.5 Å². The molecule has 1 amide bonds. The summed E-state index contributed by atoms with van der Waals surface area (Å²) in [6, 6.07) is 7.80. The van der Waals surface area contributed by atoms with Gasteiger partial charge < -0.3 is 19.5 Å². The highest BCUT2D eigenvalue weighted by atomic mass is 16.5. The van der Waals surface area contributed by atoms with Crippen LogP contribution in [0.2, 0.25) is 0 Å². The van der Waals surface area contributed by atoms with E-state index in [1.165, 1.54) is 13.3 Å². The number of rotatable bonds is 5. The number of methoxy groups -OCH3 is 1. The SMILES string of the molecule is COC(=O)N1CCC[C@@H](c2cc(-c3cnc(-n4ncc5cc(C#N)cnc54)cc3NC(C)C)on2)C1. The van der Waals surface area contributed by atoms with Crippen molar-refractivity contribution in [1.82, 2.24) is 29.8 Å². The molecule has 1 atom stereocenters. The van der Waals surface area contributed by atoms with Crippen LogP contribution in [0.1, 0.15) is 43.9 Å². The highest BCUT2D eigenvalue weighted by Crippen LogP contribution is 2.34. The van der Waals surface area contributed by atoms with Crippen molar-refractivity contribution in [3.05, 3.63) is 48.0 Å². The maximum atomic E-state index is 12.0. The normalized spacial score (nSPS) is 15.8. The number of carbonyl (C=O) groups excluding carboxylic acids is 1. The van der Waals surface area contributed by atoms with Crippen LogP contribution >= 0.6 is 0 Å². The molecule has 1 aliphatic rings. The van der Waals surface area contributed by atoms with E-state index in [0.29, 0.717) is 35.9 Å². The van der Waals surface area contributed by atoms with Crippen molar-refractivity contribution in [2.75, 3.05) is 25.5 Å². The summed E-state index contributed by atoms with van der Waals surface area (Å²) in [6.45, 7) is 5.32. The number of likely N-dealkylation sites (tertiary alicyclic amines) is 1. The molecule has 184 valence electrons. The first-order chi connectivity index (χ1) is 17.5. The second-order valence-corrected chi connectivity index (χ2v) is 9.06. The van der Waals surface area contributed by atoms with Crippen LogP contribution in [0.5, 0.6) is 0 Å². The van der Waals surface area contributed by atoms with Gasteiger partial charge in [-0.3, -0.25) is 0 Å². The number of nitrogens with one attached hydrogen (secondary N) is 1. The fourth-order valence-corrected chi connectivity index (χ4v) is 4.46. The largest absolute Gasteiger partial charge is 0.453 e. The Balaban J connectivity index is 1.47. The van der Waals surface area contributed by atoms with Gasteiger partial charge in [-0.05, 0) is 32.8 Å². The Morgan fingerprint density at radius 1 is 1.25 bits per heavy atom. The average molecular weight is 487 g/mol. The van der Waals surface area contributed by atoms with Crippen molar-refractivity contribution < 1.29 is 14.1 Å². The summed E-state index contributed by atoms with van der Waals surface area (Å²) in [5.74, 6) is 1.24. The second kappa shape index (κ2) is 9.65. The van der Waals surface area contributed by atoms with Gasteiger partial charge in [0, 0.05) is 55.0 Å². The Morgan fingerprint density at radius 2 is 2.11 bits per heavy atom. The first-order valence-electron chi connectivity index (χ1n) is 11.8. The molecule has 0 radical (unpaired) electrons. The molecule has 0 spiro atoms. The standard InChI is InChI=1S/C25H26N8O3/c1-15(2)30-21-9-23(33-24-18(12-29-33)7-16(10-26)11-28-24)27-13-19(21)22-8-20(31-36-22)17-5-4-6-32(14-17)25(34)35-3/h7-9,11-13,15,17H,4-6,14H2,1-3H3,(H,27,30)/t17-/m1/s1. The maximum Gasteiger partial charge on any atom is 0.409 e. The molecule has 4 aromatic rings. The molecule has 0 bridgehead atoms. The quantitative estimate of drug-likeness (QED) is 0.442. The Labute approximate surface area is 207 Å². The second-order valence-electron chi connectivity index (χ2n) is 9.06. The third-order valence-corrected chi connectivity index (χ3v) is 6.15. The number of nitrogens with zero attached hydrogens (tertiary/aromatic N) is 7. The van der Waals surface area contributed by atoms with Crippen LogP contribution in [0.25, 0.3) is 28.2 Å². The minimum atomic E-state index is -0.323. The molecule has 36 heavy (non-hydrogen) atoms. The Hall–Kier alpha value is -4.46. The van der Waals surface area contributed by atoms with E-state index in [2.05, 4.69) is 31.6 Å². The van der Waals surface area contributed by atoms with Crippen molar-refractivity contribution in [2.45, 2.75) is 38.6 Å². The minimum Gasteiger partial charge on any atom is -0.453 e. The van der Waals surface area contributed by atoms with Crippen LogP contribution in [-0.2, 0) is 4.74 Å². The van der Waals surface area contributed by atoms with Gasteiger partial charge in [0.05, 0.1) is 35.8 Å². The maximum absolute atomic E-state index is 12.0. The number of piperidine rings is 1. The van der Waals surface area contributed by atoms with Gasteiger partial charge in [-0.1, -0.05) is 5.16 Å². The molecule has 0 unspecified atom stereocenters. The highest BCUT2D eigenvalue weighted by Gasteiger charge is 2.28. The average Bonchev–Trinajstić information content (AvgIpc) is 3.55. The number of amides is 1. The number of nitriles is 1. The lowest BCUT2D eigenvalue weighted by atomic mass is 9.94. The van der Waals surface area contributed by atoms with Crippen LogP contribution < -0.4 is 5.32 Å². The van der Waals surface area contributed by atoms with E-state index < -0.39 is 0 Å². The summed E-state index contributed by atoms with van der Waals surface area (Å²) in [5, 5.41) is 22.1. The molecule has 5 rings (SSSR count). The smallest absolute Gasteiger partial charge is 0.409 e. The molecule has 11 nitrogen and oxygen atoms in total. The van der Waals surface area contributed by atoms with Crippen LogP contribution in [0.3, 0.4) is 0 Å². The van der Waals surface area contributed by atoms with Gasteiger partial charge in [0.1, 0.15) is 6.07 Å². The Kier molecular flexibility index (Phi) is 6.25. The first kappa shape index (κ1) is 23.3. The summed E-state index contributed by atoms with van der Waals surface area (Å²) in [5.41, 5.74) is 3.46. The first-order valence-corrected chi connectivity index (χ1v) is 11.8. The summed E-state index contributed by atoms with van der Waals surface area (Å²) >= 11 is 0. The molecule has 4 aromatic heterocycles. The van der Waals surface area contributed by atoms with Crippen molar-refractivity contribution in [1.29, 1.82) is 5.26 Å². The minimum absolute atomic E-state index is 0.0731. The van der Waals surface area contributed by atoms with Crippen molar-refractivity contribution in [3.63, 3.8) is 0 Å². The predicted molar refractivity (Wildman–Crippen MR) is 132 cm³/mol. The summed E-state index contributed by atoms with van der Waals surface area (Å²) in [6.07, 6.45) is 6.38. The molecule has 11 heteroatoms. The molecule has 1 fully saturated rings. The number of anilines is 1. The number of carbonyl (C=O) groups is 1. The Morgan fingerprint density at radius 3 is 2.89 bits per heavy atom. The molecular formula is C25H26N8O3. The Bertz CT molecular complexity index is 1450. The molecule has 0 aliphatic carbocycles. The fraction of sp³-hybridized carbons (Fsp3) is 0.360. The van der Waals surface area contributed by atoms with Crippen molar-refractivity contribution in [3.8, 4) is 23.2 Å². The predicted octanol–water partition coefficient (Wildman–Crippen LogP) is 4.11. The van der Waals surface area contributed by atoms with E-state index in [0.717, 1.165) is 35.2 Å². The summed E-state index contributed by atoms with van der Waals surface area (Å²) in [4.78, 5) is 22.7. The number of ether oxygens (including phenoxy) is 1. The highest BCUT2D eigenvalue weighted by molar-refractivity contribution is 5.79. The molecule has 1 saturated heterocycles. The molecule has 0 aromatic carbocycles. The number of hydrogen-bond donors (Lipinski definition) is 1. The van der Waals surface area contributed by atoms with Gasteiger partial charge in [0.25, 0.3) is 0 Å². The topological polar surface area (TPSA) is 135 Å². The lowest BCUT2D eigenvalue weighted by Gasteiger charge is -2.30. The number of pyridine rings is 2. The van der Waals surface area contributed by atoms with Crippen LogP contribution in [0.15, 0.2) is 41.3 Å². The van der Waals surface area contributed by atoms with Gasteiger partial charge in [-0.25, -0.2) is 14.8 Å². The van der Waals surface area contributed by atoms with Crippen LogP contribution in [0, 0.1) is 11.3 Å². The molecule has 0 saturated carbocycles. The van der Waals surface area contributed by atoms with E-state index in [9.17, 15) is 4.79 Å². The summed E-state index contributed by atoms with van der Waals surface area (Å²) in [7, 11) is 1.39. The van der Waals surface area contributed by atoms with Gasteiger partial charge in [0.15, 0.2) is 17.2 Å². The molecular weight excluding hydrogens is 460 g/mol. The fourth-order valence-electron chi connectivity index (χ4n) is 4.46. The number of fused-ring (bicyclic) bond motifs is 1. The molecule has 1 aliphatic heterocycles. The van der Waals surface area contributed by atoms with Crippen LogP contribution in [-0.4, -0.2) is 62.1 Å². The third-order valence-electron chi connectivity index (χ3n) is 6.15. The van der Waals surface area contributed by atoms with Gasteiger partial charge in [0.2, 0.25) is 0 Å². The van der Waals surface area contributed by atoms with E-state index in [1.54, 1.807) is 28.0 Å². The zero-order valence-corrected chi connectivity index (χ0v) is 20.3. The lowest BCUT2D eigenvalue weighted by Crippen LogP contribution is -2.39. The van der Waals surface area contributed by atoms with E-state index in [1.807, 2.05) is 26.0 Å². The zero-order chi connectivity index (χ0) is 25.2. The van der Waals surface area contributed by atoms with Gasteiger partial charge in [-0.15, -0.1) is 0 Å². The van der Waals surface area contributed by atoms with Crippen molar-refractivity contribution >= 4 is 22.8 Å². The monoisotopic (exact) mass is 486 g/mol. The van der Waals surface area contributed by atoms with Gasteiger partial charge in [-0.2, -0.15) is 15.0 Å². The zero-order valence-electron chi connectivity index (χ0n) is 20.3. The third kappa shape index (κ3) is 4.45. The van der Waals surface area contributed by atoms with Crippen LogP contribution in [0.4, 0.5) is 10.5 Å².